The van der Waals surface area contributed by atoms with Crippen molar-refractivity contribution in [1.29, 1.82) is 0 Å². The largest absolute Gasteiger partial charge is 0.384 e. The first-order chi connectivity index (χ1) is 9.63. The molecule has 0 aromatic heterocycles. The molecular weight excluding hydrogens is 251 g/mol. The SMILES string of the molecule is Cc1cc(F)cc(C(O)c2cccc(C3CCC3)c2)c1. The quantitative estimate of drug-likeness (QED) is 0.871. The Labute approximate surface area is 119 Å². The van der Waals surface area contributed by atoms with Gasteiger partial charge in [0.25, 0.3) is 0 Å². The molecule has 3 rings (SSSR count). The molecule has 1 unspecified atom stereocenters. The molecule has 2 heteroatoms. The van der Waals surface area contributed by atoms with Crippen molar-refractivity contribution < 1.29 is 9.50 Å². The van der Waals surface area contributed by atoms with Gasteiger partial charge in [-0.25, -0.2) is 4.39 Å². The van der Waals surface area contributed by atoms with Crippen molar-refractivity contribution in [2.24, 2.45) is 0 Å². The second-order valence-electron chi connectivity index (χ2n) is 5.76. The highest BCUT2D eigenvalue weighted by atomic mass is 19.1. The van der Waals surface area contributed by atoms with Gasteiger partial charge >= 0.3 is 0 Å². The molecule has 20 heavy (non-hydrogen) atoms. The zero-order valence-corrected chi connectivity index (χ0v) is 11.6. The maximum absolute atomic E-state index is 13.5. The average molecular weight is 270 g/mol. The normalized spacial score (nSPS) is 16.8. The highest BCUT2D eigenvalue weighted by Gasteiger charge is 2.20. The molecule has 1 fully saturated rings. The van der Waals surface area contributed by atoms with Crippen molar-refractivity contribution in [3.05, 3.63) is 70.5 Å². The van der Waals surface area contributed by atoms with Crippen molar-refractivity contribution in [3.8, 4) is 0 Å². The van der Waals surface area contributed by atoms with Crippen LogP contribution in [0, 0.1) is 12.7 Å². The van der Waals surface area contributed by atoms with E-state index in [9.17, 15) is 9.50 Å². The van der Waals surface area contributed by atoms with Crippen LogP contribution >= 0.6 is 0 Å². The molecule has 2 aromatic carbocycles. The summed E-state index contributed by atoms with van der Waals surface area (Å²) in [5, 5.41) is 10.5. The van der Waals surface area contributed by atoms with Crippen LogP contribution in [0.4, 0.5) is 4.39 Å². The molecule has 1 aliphatic carbocycles. The number of rotatable bonds is 3. The monoisotopic (exact) mass is 270 g/mol. The van der Waals surface area contributed by atoms with Crippen molar-refractivity contribution in [1.82, 2.24) is 0 Å². The van der Waals surface area contributed by atoms with Gasteiger partial charge in [0.05, 0.1) is 0 Å². The van der Waals surface area contributed by atoms with Crippen LogP contribution in [0.2, 0.25) is 0 Å². The van der Waals surface area contributed by atoms with Crippen LogP contribution in [0.5, 0.6) is 0 Å². The summed E-state index contributed by atoms with van der Waals surface area (Å²) in [4.78, 5) is 0. The lowest BCUT2D eigenvalue weighted by Crippen LogP contribution is -2.09. The Morgan fingerprint density at radius 3 is 2.55 bits per heavy atom. The van der Waals surface area contributed by atoms with E-state index in [2.05, 4.69) is 12.1 Å². The predicted molar refractivity (Wildman–Crippen MR) is 78.2 cm³/mol. The third-order valence-corrected chi connectivity index (χ3v) is 4.18. The topological polar surface area (TPSA) is 20.2 Å². The van der Waals surface area contributed by atoms with Crippen LogP contribution in [0.1, 0.15) is 53.5 Å². The standard InChI is InChI=1S/C18H19FO/c1-12-8-16(11-17(19)9-12)18(20)15-7-3-6-14(10-15)13-4-2-5-13/h3,6-11,13,18,20H,2,4-5H2,1H3. The Morgan fingerprint density at radius 2 is 1.90 bits per heavy atom. The number of aliphatic hydroxyl groups excluding tert-OH is 1. The van der Waals surface area contributed by atoms with Gasteiger partial charge in [0.2, 0.25) is 0 Å². The minimum Gasteiger partial charge on any atom is -0.384 e. The first-order valence-electron chi connectivity index (χ1n) is 7.18. The minimum atomic E-state index is -0.760. The van der Waals surface area contributed by atoms with Crippen LogP contribution in [-0.2, 0) is 0 Å². The van der Waals surface area contributed by atoms with Crippen molar-refractivity contribution in [2.75, 3.05) is 0 Å². The van der Waals surface area contributed by atoms with Crippen molar-refractivity contribution in [2.45, 2.75) is 38.2 Å². The molecule has 1 aliphatic rings. The summed E-state index contributed by atoms with van der Waals surface area (Å²) in [6, 6.07) is 12.8. The molecule has 104 valence electrons. The molecule has 0 bridgehead atoms. The van der Waals surface area contributed by atoms with Crippen LogP contribution in [-0.4, -0.2) is 5.11 Å². The Balaban J connectivity index is 1.91. The van der Waals surface area contributed by atoms with E-state index >= 15 is 0 Å². The molecule has 1 N–H and O–H groups in total. The van der Waals surface area contributed by atoms with Gasteiger partial charge in [-0.1, -0.05) is 36.8 Å². The van der Waals surface area contributed by atoms with Gasteiger partial charge in [0.15, 0.2) is 0 Å². The second kappa shape index (κ2) is 5.37. The predicted octanol–water partition coefficient (Wildman–Crippen LogP) is 4.48. The molecule has 0 spiro atoms. The van der Waals surface area contributed by atoms with E-state index in [0.29, 0.717) is 11.5 Å². The molecule has 0 saturated heterocycles. The van der Waals surface area contributed by atoms with Gasteiger partial charge < -0.3 is 5.11 Å². The van der Waals surface area contributed by atoms with Gasteiger partial charge in [-0.15, -0.1) is 0 Å². The second-order valence-corrected chi connectivity index (χ2v) is 5.76. The first kappa shape index (κ1) is 13.3. The average Bonchev–Trinajstić information content (AvgIpc) is 2.35. The van der Waals surface area contributed by atoms with E-state index in [1.54, 1.807) is 0 Å². The fraction of sp³-hybridized carbons (Fsp3) is 0.333. The third-order valence-electron chi connectivity index (χ3n) is 4.18. The highest BCUT2D eigenvalue weighted by molar-refractivity contribution is 5.36. The molecule has 1 nitrogen and oxygen atoms in total. The molecule has 1 saturated carbocycles. The number of halogens is 1. The van der Waals surface area contributed by atoms with Gasteiger partial charge in [0, 0.05) is 0 Å². The first-order valence-corrected chi connectivity index (χ1v) is 7.18. The molecular formula is C18H19FO. The lowest BCUT2D eigenvalue weighted by molar-refractivity contribution is 0.219. The summed E-state index contributed by atoms with van der Waals surface area (Å²) < 4.78 is 13.5. The maximum atomic E-state index is 13.5. The smallest absolute Gasteiger partial charge is 0.123 e. The van der Waals surface area contributed by atoms with Crippen molar-refractivity contribution >= 4 is 0 Å². The summed E-state index contributed by atoms with van der Waals surface area (Å²) in [6.07, 6.45) is 3.00. The fourth-order valence-electron chi connectivity index (χ4n) is 2.84. The summed E-state index contributed by atoms with van der Waals surface area (Å²) >= 11 is 0. The maximum Gasteiger partial charge on any atom is 0.123 e. The van der Waals surface area contributed by atoms with Gasteiger partial charge in [-0.3, -0.25) is 0 Å². The van der Waals surface area contributed by atoms with E-state index in [1.807, 2.05) is 25.1 Å². The lowest BCUT2D eigenvalue weighted by atomic mass is 9.79. The Bertz CT molecular complexity index is 596. The Kier molecular flexibility index (Phi) is 3.58. The third kappa shape index (κ3) is 2.61. The van der Waals surface area contributed by atoms with Crippen LogP contribution < -0.4 is 0 Å². The van der Waals surface area contributed by atoms with E-state index in [4.69, 9.17) is 0 Å². The summed E-state index contributed by atoms with van der Waals surface area (Å²) in [5.74, 6) is 0.339. The summed E-state index contributed by atoms with van der Waals surface area (Å²) in [7, 11) is 0. The number of aliphatic hydroxyl groups is 1. The fourth-order valence-corrected chi connectivity index (χ4v) is 2.84. The Morgan fingerprint density at radius 1 is 1.10 bits per heavy atom. The minimum absolute atomic E-state index is 0.297. The number of hydrogen-bond acceptors (Lipinski definition) is 1. The summed E-state index contributed by atoms with van der Waals surface area (Å²) in [6.45, 7) is 1.84. The summed E-state index contributed by atoms with van der Waals surface area (Å²) in [5.41, 5.74) is 3.59. The molecule has 0 radical (unpaired) electrons. The van der Waals surface area contributed by atoms with Crippen LogP contribution in [0.3, 0.4) is 0 Å². The zero-order chi connectivity index (χ0) is 14.1. The van der Waals surface area contributed by atoms with Gasteiger partial charge in [-0.05, 0) is 60.1 Å². The Hall–Kier alpha value is -1.67. The van der Waals surface area contributed by atoms with Gasteiger partial charge in [0.1, 0.15) is 11.9 Å². The van der Waals surface area contributed by atoms with Gasteiger partial charge in [-0.2, -0.15) is 0 Å². The van der Waals surface area contributed by atoms with Crippen LogP contribution in [0.15, 0.2) is 42.5 Å². The van der Waals surface area contributed by atoms with E-state index in [1.165, 1.54) is 37.0 Å². The number of hydrogen-bond donors (Lipinski definition) is 1. The van der Waals surface area contributed by atoms with Crippen molar-refractivity contribution in [3.63, 3.8) is 0 Å². The number of aryl methyl sites for hydroxylation is 1. The molecule has 1 atom stereocenters. The molecule has 0 aliphatic heterocycles. The molecule has 0 amide bonds. The molecule has 0 heterocycles. The highest BCUT2D eigenvalue weighted by Crippen LogP contribution is 2.37. The number of benzene rings is 2. The van der Waals surface area contributed by atoms with Crippen LogP contribution in [0.25, 0.3) is 0 Å². The van der Waals surface area contributed by atoms with E-state index < -0.39 is 6.10 Å². The molecule has 2 aromatic rings. The van der Waals surface area contributed by atoms with E-state index in [-0.39, 0.29) is 5.82 Å². The lowest BCUT2D eigenvalue weighted by Gasteiger charge is -2.26. The zero-order valence-electron chi connectivity index (χ0n) is 11.6. The van der Waals surface area contributed by atoms with E-state index in [0.717, 1.165) is 11.1 Å².